The third-order valence-corrected chi connectivity index (χ3v) is 6.25. The van der Waals surface area contributed by atoms with E-state index in [2.05, 4.69) is 9.73 Å². The van der Waals surface area contributed by atoms with Gasteiger partial charge in [-0.2, -0.15) is 8.78 Å². The fraction of sp³-hybridized carbons (Fsp3) is 0.333. The molecule has 2 amide bonds. The Morgan fingerprint density at radius 1 is 1.00 bits per heavy atom. The molecule has 0 unspecified atom stereocenters. The van der Waals surface area contributed by atoms with E-state index in [9.17, 15) is 23.2 Å². The molecule has 38 heavy (non-hydrogen) atoms. The van der Waals surface area contributed by atoms with E-state index in [1.807, 2.05) is 0 Å². The lowest BCUT2D eigenvalue weighted by molar-refractivity contribution is -0.138. The number of carbonyl (C=O) groups is 3. The number of anilines is 2. The SMILES string of the molecule is CCOC(=O)C(N)=C1CCN(c2ccc(N3CCCCC3=O)cc2)C(=O)C1=Nc1ccccc1OC(F)F. The quantitative estimate of drug-likeness (QED) is 0.429. The summed E-state index contributed by atoms with van der Waals surface area (Å²) in [5.41, 5.74) is 7.03. The monoisotopic (exact) mass is 526 g/mol. The van der Waals surface area contributed by atoms with E-state index in [0.29, 0.717) is 18.7 Å². The van der Waals surface area contributed by atoms with Crippen molar-refractivity contribution in [3.8, 4) is 5.75 Å². The second kappa shape index (κ2) is 11.8. The molecule has 2 N–H and O–H groups in total. The Balaban J connectivity index is 1.71. The first-order chi connectivity index (χ1) is 18.3. The number of halogens is 2. The molecule has 0 radical (unpaired) electrons. The van der Waals surface area contributed by atoms with Crippen LogP contribution in [0.2, 0.25) is 0 Å². The standard InChI is InChI=1S/C27H28F2N4O5/c1-2-37-26(36)23(30)19-14-16-33(18-12-10-17(11-13-18)32-15-6-5-9-22(32)34)25(35)24(19)31-20-7-3-4-8-21(20)38-27(28)29/h3-4,7-8,10-13,27H,2,5-6,9,14-16,30H2,1H3. The number of ether oxygens (including phenoxy) is 2. The van der Waals surface area contributed by atoms with Gasteiger partial charge in [0.15, 0.2) is 5.75 Å². The van der Waals surface area contributed by atoms with Crippen molar-refractivity contribution in [1.82, 2.24) is 0 Å². The Kier molecular flexibility index (Phi) is 8.35. The molecule has 0 spiro atoms. The van der Waals surface area contributed by atoms with Gasteiger partial charge in [0.2, 0.25) is 5.91 Å². The average molecular weight is 527 g/mol. The molecule has 2 heterocycles. The van der Waals surface area contributed by atoms with E-state index in [1.54, 1.807) is 42.2 Å². The first-order valence-electron chi connectivity index (χ1n) is 12.3. The third-order valence-electron chi connectivity index (χ3n) is 6.25. The molecule has 11 heteroatoms. The molecule has 0 saturated carbocycles. The number of nitrogens with zero attached hydrogens (tertiary/aromatic N) is 3. The molecule has 2 aromatic carbocycles. The molecule has 9 nitrogen and oxygen atoms in total. The summed E-state index contributed by atoms with van der Waals surface area (Å²) in [6.45, 7) is -0.572. The Labute approximate surface area is 218 Å². The molecule has 2 aliphatic heterocycles. The van der Waals surface area contributed by atoms with Crippen molar-refractivity contribution in [2.45, 2.75) is 39.2 Å². The fourth-order valence-corrected chi connectivity index (χ4v) is 4.41. The number of benzene rings is 2. The summed E-state index contributed by atoms with van der Waals surface area (Å²) in [7, 11) is 0. The van der Waals surface area contributed by atoms with E-state index in [-0.39, 0.29) is 53.9 Å². The van der Waals surface area contributed by atoms with Gasteiger partial charge >= 0.3 is 12.6 Å². The van der Waals surface area contributed by atoms with Crippen molar-refractivity contribution in [3.63, 3.8) is 0 Å². The number of para-hydroxylation sites is 2. The first-order valence-corrected chi connectivity index (χ1v) is 12.3. The van der Waals surface area contributed by atoms with Crippen molar-refractivity contribution in [1.29, 1.82) is 0 Å². The number of hydrogen-bond donors (Lipinski definition) is 1. The minimum absolute atomic E-state index is 0.0221. The number of nitrogens with two attached hydrogens (primary N) is 1. The molecule has 200 valence electrons. The minimum atomic E-state index is -3.10. The largest absolute Gasteiger partial charge is 0.461 e. The van der Waals surface area contributed by atoms with Gasteiger partial charge in [-0.15, -0.1) is 0 Å². The van der Waals surface area contributed by atoms with Gasteiger partial charge in [0.25, 0.3) is 5.91 Å². The molecule has 0 atom stereocenters. The Bertz CT molecular complexity index is 1280. The highest BCUT2D eigenvalue weighted by Gasteiger charge is 2.33. The van der Waals surface area contributed by atoms with Gasteiger partial charge in [-0.3, -0.25) is 9.59 Å². The number of carbonyl (C=O) groups excluding carboxylic acids is 3. The van der Waals surface area contributed by atoms with Crippen LogP contribution in [0.25, 0.3) is 0 Å². The lowest BCUT2D eigenvalue weighted by atomic mass is 9.97. The zero-order chi connectivity index (χ0) is 27.2. The summed E-state index contributed by atoms with van der Waals surface area (Å²) >= 11 is 0. The highest BCUT2D eigenvalue weighted by Crippen LogP contribution is 2.33. The van der Waals surface area contributed by atoms with E-state index >= 15 is 0 Å². The summed E-state index contributed by atoms with van der Waals surface area (Å²) in [4.78, 5) is 45.9. The molecule has 2 aromatic rings. The molecule has 0 aromatic heterocycles. The number of esters is 1. The number of amides is 2. The molecule has 2 saturated heterocycles. The number of rotatable bonds is 7. The normalized spacial score (nSPS) is 18.7. The zero-order valence-electron chi connectivity index (χ0n) is 20.9. The minimum Gasteiger partial charge on any atom is -0.461 e. The zero-order valence-corrected chi connectivity index (χ0v) is 20.9. The van der Waals surface area contributed by atoms with E-state index in [0.717, 1.165) is 18.5 Å². The van der Waals surface area contributed by atoms with Gasteiger partial charge in [-0.1, -0.05) is 12.1 Å². The van der Waals surface area contributed by atoms with Crippen molar-refractivity contribution in [2.24, 2.45) is 10.7 Å². The Hall–Kier alpha value is -4.28. The Morgan fingerprint density at radius 2 is 1.68 bits per heavy atom. The van der Waals surface area contributed by atoms with Crippen molar-refractivity contribution in [3.05, 3.63) is 59.8 Å². The van der Waals surface area contributed by atoms with Crippen LogP contribution in [0.3, 0.4) is 0 Å². The van der Waals surface area contributed by atoms with Crippen LogP contribution >= 0.6 is 0 Å². The average Bonchev–Trinajstić information content (AvgIpc) is 2.91. The maximum Gasteiger partial charge on any atom is 0.387 e. The molecule has 2 fully saturated rings. The predicted octanol–water partition coefficient (Wildman–Crippen LogP) is 4.09. The predicted molar refractivity (Wildman–Crippen MR) is 138 cm³/mol. The van der Waals surface area contributed by atoms with Gasteiger partial charge in [-0.25, -0.2) is 9.79 Å². The first kappa shape index (κ1) is 26.8. The second-order valence-corrected chi connectivity index (χ2v) is 8.65. The van der Waals surface area contributed by atoms with Gasteiger partial charge < -0.3 is 25.0 Å². The molecule has 0 aliphatic carbocycles. The maximum atomic E-state index is 13.7. The summed E-state index contributed by atoms with van der Waals surface area (Å²) in [6, 6.07) is 12.8. The number of hydrogen-bond acceptors (Lipinski definition) is 7. The second-order valence-electron chi connectivity index (χ2n) is 8.65. The van der Waals surface area contributed by atoms with Gasteiger partial charge in [0.1, 0.15) is 17.1 Å². The number of aliphatic imine (C=N–C) groups is 1. The van der Waals surface area contributed by atoms with Crippen LogP contribution in [0, 0.1) is 0 Å². The van der Waals surface area contributed by atoms with E-state index in [1.165, 1.54) is 23.1 Å². The van der Waals surface area contributed by atoms with Crippen molar-refractivity contribution < 1.29 is 32.6 Å². The van der Waals surface area contributed by atoms with Crippen LogP contribution in [0.1, 0.15) is 32.6 Å². The summed E-state index contributed by atoms with van der Waals surface area (Å²) < 4.78 is 35.5. The van der Waals surface area contributed by atoms with Gasteiger partial charge in [0, 0.05) is 36.5 Å². The molecule has 2 aliphatic rings. The smallest absolute Gasteiger partial charge is 0.387 e. The number of piperidine rings is 2. The van der Waals surface area contributed by atoms with E-state index in [4.69, 9.17) is 10.5 Å². The topological polar surface area (TPSA) is 115 Å². The van der Waals surface area contributed by atoms with Crippen LogP contribution in [0.4, 0.5) is 25.8 Å². The lowest BCUT2D eigenvalue weighted by Crippen LogP contribution is -2.44. The molecule has 4 rings (SSSR count). The van der Waals surface area contributed by atoms with Crippen LogP contribution in [0.15, 0.2) is 64.8 Å². The van der Waals surface area contributed by atoms with Crippen molar-refractivity contribution in [2.75, 3.05) is 29.5 Å². The van der Waals surface area contributed by atoms with Crippen LogP contribution in [-0.2, 0) is 19.1 Å². The third kappa shape index (κ3) is 5.82. The number of alkyl halides is 2. The van der Waals surface area contributed by atoms with Crippen molar-refractivity contribution >= 4 is 40.6 Å². The summed E-state index contributed by atoms with van der Waals surface area (Å²) in [5.74, 6) is -1.55. The summed E-state index contributed by atoms with van der Waals surface area (Å²) in [5, 5.41) is 0. The maximum absolute atomic E-state index is 13.7. The van der Waals surface area contributed by atoms with Crippen LogP contribution in [-0.4, -0.2) is 49.8 Å². The summed E-state index contributed by atoms with van der Waals surface area (Å²) in [6.07, 6.45) is 2.46. The molecule has 0 bridgehead atoms. The fourth-order valence-electron chi connectivity index (χ4n) is 4.41. The van der Waals surface area contributed by atoms with Crippen LogP contribution in [0.5, 0.6) is 5.75 Å². The highest BCUT2D eigenvalue weighted by atomic mass is 19.3. The Morgan fingerprint density at radius 3 is 2.34 bits per heavy atom. The molecular weight excluding hydrogens is 498 g/mol. The molecular formula is C27H28F2N4O5. The van der Waals surface area contributed by atoms with Gasteiger partial charge in [-0.05, 0) is 62.6 Å². The van der Waals surface area contributed by atoms with Gasteiger partial charge in [0.05, 0.1) is 6.61 Å². The van der Waals surface area contributed by atoms with E-state index < -0.39 is 18.5 Å². The lowest BCUT2D eigenvalue weighted by Gasteiger charge is -2.31. The van der Waals surface area contributed by atoms with Crippen LogP contribution < -0.4 is 20.3 Å². The highest BCUT2D eigenvalue weighted by molar-refractivity contribution is 6.51.